The van der Waals surface area contributed by atoms with Gasteiger partial charge in [-0.05, 0) is 57.9 Å². The van der Waals surface area contributed by atoms with Crippen LogP contribution in [0, 0.1) is 5.92 Å². The van der Waals surface area contributed by atoms with E-state index in [0.717, 1.165) is 31.2 Å². The monoisotopic (exact) mass is 359 g/mol. The predicted molar refractivity (Wildman–Crippen MR) is 100 cm³/mol. The molecule has 1 aliphatic carbocycles. The zero-order valence-electron chi connectivity index (χ0n) is 15.9. The van der Waals surface area contributed by atoms with E-state index in [1.807, 2.05) is 57.2 Å². The molecule has 0 aromatic heterocycles. The third-order valence-electron chi connectivity index (χ3n) is 4.22. The van der Waals surface area contributed by atoms with E-state index in [4.69, 9.17) is 9.47 Å². The van der Waals surface area contributed by atoms with Gasteiger partial charge in [0.15, 0.2) is 0 Å². The maximum Gasteiger partial charge on any atom is 0.407 e. The van der Waals surface area contributed by atoms with Gasteiger partial charge in [-0.3, -0.25) is 0 Å². The van der Waals surface area contributed by atoms with E-state index in [1.54, 1.807) is 0 Å². The smallest absolute Gasteiger partial charge is 0.407 e. The van der Waals surface area contributed by atoms with Crippen molar-refractivity contribution in [3.05, 3.63) is 48.0 Å². The number of rotatable bonds is 5. The quantitative estimate of drug-likeness (QED) is 0.626. The molecule has 0 heterocycles. The minimum atomic E-state index is -0.469. The van der Waals surface area contributed by atoms with Gasteiger partial charge in [0.2, 0.25) is 0 Å². The van der Waals surface area contributed by atoms with E-state index < -0.39 is 5.60 Å². The van der Waals surface area contributed by atoms with Crippen LogP contribution in [0.15, 0.2) is 42.5 Å². The normalized spacial score (nSPS) is 20.6. The maximum atomic E-state index is 11.9. The summed E-state index contributed by atoms with van der Waals surface area (Å²) in [4.78, 5) is 23.6. The molecule has 0 saturated heterocycles. The van der Waals surface area contributed by atoms with Gasteiger partial charge in [-0.2, -0.15) is 0 Å². The molecule has 0 atom stereocenters. The predicted octanol–water partition coefficient (Wildman–Crippen LogP) is 4.37. The summed E-state index contributed by atoms with van der Waals surface area (Å²) in [5, 5.41) is 2.93. The van der Waals surface area contributed by atoms with Crippen LogP contribution >= 0.6 is 0 Å². The lowest BCUT2D eigenvalue weighted by molar-refractivity contribution is -0.148. The lowest BCUT2D eigenvalue weighted by atomic mass is 9.86. The molecule has 0 radical (unpaired) electrons. The van der Waals surface area contributed by atoms with Crippen LogP contribution in [0.4, 0.5) is 4.79 Å². The van der Waals surface area contributed by atoms with Gasteiger partial charge in [0, 0.05) is 12.1 Å². The number of carbonyl (C=O) groups excluding carboxylic acids is 2. The molecule has 1 aromatic carbocycles. The lowest BCUT2D eigenvalue weighted by Gasteiger charge is -2.27. The van der Waals surface area contributed by atoms with Crippen molar-refractivity contribution in [2.24, 2.45) is 5.92 Å². The molecule has 0 spiro atoms. The Balaban J connectivity index is 1.66. The molecule has 1 amide bonds. The van der Waals surface area contributed by atoms with Crippen molar-refractivity contribution >= 4 is 12.1 Å². The van der Waals surface area contributed by atoms with Crippen molar-refractivity contribution in [2.45, 2.75) is 64.7 Å². The number of amides is 1. The van der Waals surface area contributed by atoms with E-state index in [1.165, 1.54) is 6.08 Å². The van der Waals surface area contributed by atoms with Gasteiger partial charge in [0.05, 0.1) is 0 Å². The second kappa shape index (κ2) is 9.41. The first-order chi connectivity index (χ1) is 12.3. The van der Waals surface area contributed by atoms with E-state index in [9.17, 15) is 9.59 Å². The summed E-state index contributed by atoms with van der Waals surface area (Å²) in [6.07, 6.45) is 6.71. The highest BCUT2D eigenvalue weighted by Gasteiger charge is 2.22. The molecule has 5 nitrogen and oxygen atoms in total. The summed E-state index contributed by atoms with van der Waals surface area (Å²) < 4.78 is 10.5. The molecule has 0 bridgehead atoms. The number of ether oxygens (including phenoxy) is 2. The van der Waals surface area contributed by atoms with Gasteiger partial charge in [0.25, 0.3) is 0 Å². The van der Waals surface area contributed by atoms with Crippen molar-refractivity contribution in [2.75, 3.05) is 0 Å². The molecule has 5 heteroatoms. The number of benzene rings is 1. The fourth-order valence-corrected chi connectivity index (χ4v) is 2.94. The molecule has 0 aliphatic heterocycles. The Morgan fingerprint density at radius 3 is 2.38 bits per heavy atom. The summed E-state index contributed by atoms with van der Waals surface area (Å²) in [5.41, 5.74) is 0.502. The van der Waals surface area contributed by atoms with Crippen LogP contribution in [0.2, 0.25) is 0 Å². The Hall–Kier alpha value is -2.30. The van der Waals surface area contributed by atoms with Gasteiger partial charge < -0.3 is 14.8 Å². The molecular weight excluding hydrogens is 330 g/mol. The minimum absolute atomic E-state index is 0.129. The van der Waals surface area contributed by atoms with Crippen LogP contribution in [-0.4, -0.2) is 23.7 Å². The molecular formula is C21H29NO4. The van der Waals surface area contributed by atoms with Crippen LogP contribution in [0.25, 0.3) is 0 Å². The number of esters is 1. The first-order valence-electron chi connectivity index (χ1n) is 9.20. The van der Waals surface area contributed by atoms with Crippen molar-refractivity contribution < 1.29 is 19.1 Å². The minimum Gasteiger partial charge on any atom is -0.457 e. The Morgan fingerprint density at radius 1 is 1.12 bits per heavy atom. The molecule has 142 valence electrons. The van der Waals surface area contributed by atoms with Crippen molar-refractivity contribution in [3.63, 3.8) is 0 Å². The van der Waals surface area contributed by atoms with Crippen molar-refractivity contribution in [1.82, 2.24) is 5.32 Å². The maximum absolute atomic E-state index is 11.9. The summed E-state index contributed by atoms with van der Waals surface area (Å²) in [6.45, 7) is 5.84. The second-order valence-corrected chi connectivity index (χ2v) is 7.71. The third-order valence-corrected chi connectivity index (χ3v) is 4.22. The zero-order chi connectivity index (χ0) is 19.0. The Morgan fingerprint density at radius 2 is 1.77 bits per heavy atom. The number of nitrogens with one attached hydrogen (secondary N) is 1. The van der Waals surface area contributed by atoms with Crippen LogP contribution in [-0.2, 0) is 20.9 Å². The summed E-state index contributed by atoms with van der Waals surface area (Å²) in [5.74, 6) is 0.0446. The number of alkyl carbamates (subject to hydrolysis) is 1. The van der Waals surface area contributed by atoms with Crippen molar-refractivity contribution in [1.29, 1.82) is 0 Å². The molecule has 1 fully saturated rings. The molecule has 26 heavy (non-hydrogen) atoms. The summed E-state index contributed by atoms with van der Waals surface area (Å²) >= 11 is 0. The van der Waals surface area contributed by atoms with Gasteiger partial charge in [-0.15, -0.1) is 0 Å². The van der Waals surface area contributed by atoms with Gasteiger partial charge in [-0.25, -0.2) is 9.59 Å². The number of hydrogen-bond acceptors (Lipinski definition) is 4. The highest BCUT2D eigenvalue weighted by atomic mass is 16.6. The van der Waals surface area contributed by atoms with Crippen molar-refractivity contribution in [3.8, 4) is 0 Å². The average Bonchev–Trinajstić information content (AvgIpc) is 2.59. The SMILES string of the molecule is CC(C)(C)OC(=O)C=CC1CCC(NC(=O)OCc2ccccc2)CC1. The highest BCUT2D eigenvalue weighted by molar-refractivity contribution is 5.82. The second-order valence-electron chi connectivity index (χ2n) is 7.71. The highest BCUT2D eigenvalue weighted by Crippen LogP contribution is 2.25. The number of hydrogen-bond donors (Lipinski definition) is 1. The average molecular weight is 359 g/mol. The Kier molecular flexibility index (Phi) is 7.25. The van der Waals surface area contributed by atoms with E-state index in [-0.39, 0.29) is 24.7 Å². The fraction of sp³-hybridized carbons (Fsp3) is 0.524. The third kappa shape index (κ3) is 7.72. The molecule has 0 unspecified atom stereocenters. The molecule has 1 aromatic rings. The number of allylic oxidation sites excluding steroid dienone is 1. The van der Waals surface area contributed by atoms with Gasteiger partial charge in [0.1, 0.15) is 12.2 Å². The first kappa shape index (κ1) is 20.0. The van der Waals surface area contributed by atoms with Crippen LogP contribution < -0.4 is 5.32 Å². The summed E-state index contributed by atoms with van der Waals surface area (Å²) in [7, 11) is 0. The van der Waals surface area contributed by atoms with E-state index in [0.29, 0.717) is 5.92 Å². The standard InChI is InChI=1S/C21H29NO4/c1-21(2,3)26-19(23)14-11-16-9-12-18(13-10-16)22-20(24)25-15-17-7-5-4-6-8-17/h4-8,11,14,16,18H,9-10,12-13,15H2,1-3H3,(H,22,24). The van der Waals surface area contributed by atoms with Crippen LogP contribution in [0.5, 0.6) is 0 Å². The topological polar surface area (TPSA) is 64.6 Å². The largest absolute Gasteiger partial charge is 0.457 e. The Labute approximate surface area is 155 Å². The van der Waals surface area contributed by atoms with E-state index in [2.05, 4.69) is 5.32 Å². The van der Waals surface area contributed by atoms with Gasteiger partial charge in [-0.1, -0.05) is 36.4 Å². The summed E-state index contributed by atoms with van der Waals surface area (Å²) in [6, 6.07) is 9.75. The van der Waals surface area contributed by atoms with Crippen LogP contribution in [0.1, 0.15) is 52.0 Å². The molecule has 2 rings (SSSR count). The Bertz CT molecular complexity index is 611. The first-order valence-corrected chi connectivity index (χ1v) is 9.20. The van der Waals surface area contributed by atoms with Gasteiger partial charge >= 0.3 is 12.1 Å². The zero-order valence-corrected chi connectivity index (χ0v) is 15.9. The lowest BCUT2D eigenvalue weighted by Crippen LogP contribution is -2.37. The molecule has 1 saturated carbocycles. The number of carbonyl (C=O) groups is 2. The van der Waals surface area contributed by atoms with Crippen LogP contribution in [0.3, 0.4) is 0 Å². The molecule has 1 N–H and O–H groups in total. The molecule has 1 aliphatic rings. The fourth-order valence-electron chi connectivity index (χ4n) is 2.94. The van der Waals surface area contributed by atoms with E-state index >= 15 is 0 Å².